The first-order valence-corrected chi connectivity index (χ1v) is 6.95. The summed E-state index contributed by atoms with van der Waals surface area (Å²) in [6.45, 7) is 6.27. The van der Waals surface area contributed by atoms with Crippen molar-refractivity contribution < 1.29 is 0 Å². The van der Waals surface area contributed by atoms with E-state index in [0.29, 0.717) is 17.2 Å². The molecule has 3 rings (SSSR count). The van der Waals surface area contributed by atoms with E-state index >= 15 is 0 Å². The van der Waals surface area contributed by atoms with Crippen LogP contribution >= 0.6 is 11.6 Å². The number of fused-ring (bicyclic) bond motifs is 1. The molecule has 4 nitrogen and oxygen atoms in total. The van der Waals surface area contributed by atoms with Crippen LogP contribution in [0.4, 0.5) is 5.82 Å². The van der Waals surface area contributed by atoms with Gasteiger partial charge >= 0.3 is 0 Å². The Morgan fingerprint density at radius 1 is 1.21 bits per heavy atom. The Morgan fingerprint density at radius 2 is 1.95 bits per heavy atom. The monoisotopic (exact) mass is 276 g/mol. The Hall–Kier alpha value is -1.39. The molecule has 1 N–H and O–H groups in total. The summed E-state index contributed by atoms with van der Waals surface area (Å²) in [5.41, 5.74) is 0. The third kappa shape index (κ3) is 2.26. The average Bonchev–Trinajstić information content (AvgIpc) is 2.43. The van der Waals surface area contributed by atoms with E-state index in [1.165, 1.54) is 0 Å². The van der Waals surface area contributed by atoms with Crippen molar-refractivity contribution in [3.05, 3.63) is 29.4 Å². The van der Waals surface area contributed by atoms with Crippen LogP contribution in [0.2, 0.25) is 5.15 Å². The van der Waals surface area contributed by atoms with Gasteiger partial charge in [-0.15, -0.1) is 10.2 Å². The Labute approximate surface area is 117 Å². The number of hydrogen-bond donors (Lipinski definition) is 1. The Kier molecular flexibility index (Phi) is 3.29. The van der Waals surface area contributed by atoms with Crippen LogP contribution in [0.5, 0.6) is 0 Å². The van der Waals surface area contributed by atoms with E-state index in [-0.39, 0.29) is 0 Å². The predicted molar refractivity (Wildman–Crippen MR) is 78.8 cm³/mol. The minimum Gasteiger partial charge on any atom is -0.349 e. The maximum absolute atomic E-state index is 6.13. The number of halogens is 1. The summed E-state index contributed by atoms with van der Waals surface area (Å²) >= 11 is 6.13. The van der Waals surface area contributed by atoms with Gasteiger partial charge in [-0.05, 0) is 13.8 Å². The summed E-state index contributed by atoms with van der Waals surface area (Å²) in [6, 6.07) is 8.89. The quantitative estimate of drug-likeness (QED) is 0.869. The first-order valence-electron chi connectivity index (χ1n) is 6.58. The smallest absolute Gasteiger partial charge is 0.159 e. The largest absolute Gasteiger partial charge is 0.349 e. The molecule has 2 atom stereocenters. The minimum absolute atomic E-state index is 0.398. The maximum Gasteiger partial charge on any atom is 0.159 e. The lowest BCUT2D eigenvalue weighted by Gasteiger charge is -2.38. The highest BCUT2D eigenvalue weighted by Crippen LogP contribution is 2.29. The molecule has 0 amide bonds. The summed E-state index contributed by atoms with van der Waals surface area (Å²) in [5.74, 6) is 0.931. The summed E-state index contributed by atoms with van der Waals surface area (Å²) in [5, 5.41) is 14.4. The van der Waals surface area contributed by atoms with Gasteiger partial charge in [0.2, 0.25) is 0 Å². The SMILES string of the molecule is CC1CN[C@@H](C)CN1c1nnc(Cl)c2ccccc12. The van der Waals surface area contributed by atoms with Crippen molar-refractivity contribution in [3.8, 4) is 0 Å². The van der Waals surface area contributed by atoms with Crippen LogP contribution in [0, 0.1) is 0 Å². The molecule has 0 saturated carbocycles. The molecule has 1 unspecified atom stereocenters. The van der Waals surface area contributed by atoms with Gasteiger partial charge in [-0.1, -0.05) is 35.9 Å². The second-order valence-electron chi connectivity index (χ2n) is 5.17. The zero-order valence-corrected chi connectivity index (χ0v) is 11.9. The molecular weight excluding hydrogens is 260 g/mol. The van der Waals surface area contributed by atoms with Crippen LogP contribution in [0.15, 0.2) is 24.3 Å². The van der Waals surface area contributed by atoms with Gasteiger partial charge in [0, 0.05) is 35.9 Å². The first-order chi connectivity index (χ1) is 9.16. The summed E-state index contributed by atoms with van der Waals surface area (Å²) in [6.07, 6.45) is 0. The van der Waals surface area contributed by atoms with E-state index in [0.717, 1.165) is 29.7 Å². The van der Waals surface area contributed by atoms with E-state index in [2.05, 4.69) is 40.3 Å². The number of aromatic nitrogens is 2. The molecule has 0 radical (unpaired) electrons. The van der Waals surface area contributed by atoms with Gasteiger partial charge in [-0.3, -0.25) is 0 Å². The number of rotatable bonds is 1. The lowest BCUT2D eigenvalue weighted by Crippen LogP contribution is -2.54. The minimum atomic E-state index is 0.398. The fourth-order valence-electron chi connectivity index (χ4n) is 2.59. The van der Waals surface area contributed by atoms with E-state index in [1.54, 1.807) is 0 Å². The average molecular weight is 277 g/mol. The molecule has 0 bridgehead atoms. The predicted octanol–water partition coefficient (Wildman–Crippen LogP) is 2.47. The van der Waals surface area contributed by atoms with Gasteiger partial charge in [0.15, 0.2) is 11.0 Å². The molecule has 1 aliphatic heterocycles. The fraction of sp³-hybridized carbons (Fsp3) is 0.429. The number of nitrogens with zero attached hydrogens (tertiary/aromatic N) is 3. The molecule has 0 spiro atoms. The zero-order valence-electron chi connectivity index (χ0n) is 11.1. The van der Waals surface area contributed by atoms with E-state index < -0.39 is 0 Å². The van der Waals surface area contributed by atoms with Crippen molar-refractivity contribution in [2.45, 2.75) is 25.9 Å². The number of piperazine rings is 1. The molecule has 2 heterocycles. The Balaban J connectivity index is 2.12. The van der Waals surface area contributed by atoms with Crippen LogP contribution in [-0.2, 0) is 0 Å². The third-order valence-electron chi connectivity index (χ3n) is 3.66. The summed E-state index contributed by atoms with van der Waals surface area (Å²) < 4.78 is 0. The van der Waals surface area contributed by atoms with Crippen molar-refractivity contribution in [2.75, 3.05) is 18.0 Å². The number of hydrogen-bond acceptors (Lipinski definition) is 4. The van der Waals surface area contributed by atoms with Gasteiger partial charge in [0.25, 0.3) is 0 Å². The highest BCUT2D eigenvalue weighted by atomic mass is 35.5. The fourth-order valence-corrected chi connectivity index (χ4v) is 2.79. The topological polar surface area (TPSA) is 41.0 Å². The molecule has 1 saturated heterocycles. The first kappa shape index (κ1) is 12.6. The van der Waals surface area contributed by atoms with Crippen molar-refractivity contribution in [3.63, 3.8) is 0 Å². The Bertz CT molecular complexity index is 601. The van der Waals surface area contributed by atoms with Gasteiger partial charge in [0.1, 0.15) is 0 Å². The van der Waals surface area contributed by atoms with Crippen LogP contribution in [0.1, 0.15) is 13.8 Å². The van der Waals surface area contributed by atoms with E-state index in [1.807, 2.05) is 18.2 Å². The number of benzene rings is 1. The molecular formula is C14H17ClN4. The number of nitrogens with one attached hydrogen (secondary N) is 1. The molecule has 1 aliphatic rings. The van der Waals surface area contributed by atoms with Gasteiger partial charge in [-0.25, -0.2) is 0 Å². The molecule has 1 aromatic carbocycles. The zero-order chi connectivity index (χ0) is 13.4. The highest BCUT2D eigenvalue weighted by molar-refractivity contribution is 6.34. The molecule has 19 heavy (non-hydrogen) atoms. The molecule has 0 aliphatic carbocycles. The van der Waals surface area contributed by atoms with Crippen molar-refractivity contribution in [1.29, 1.82) is 0 Å². The van der Waals surface area contributed by atoms with Crippen LogP contribution in [0.3, 0.4) is 0 Å². The van der Waals surface area contributed by atoms with Crippen molar-refractivity contribution >= 4 is 28.2 Å². The summed E-state index contributed by atoms with van der Waals surface area (Å²) in [7, 11) is 0. The molecule has 1 fully saturated rings. The van der Waals surface area contributed by atoms with Crippen molar-refractivity contribution in [1.82, 2.24) is 15.5 Å². The van der Waals surface area contributed by atoms with Crippen LogP contribution in [-0.4, -0.2) is 35.4 Å². The maximum atomic E-state index is 6.13. The lowest BCUT2D eigenvalue weighted by atomic mass is 10.1. The number of anilines is 1. The van der Waals surface area contributed by atoms with Crippen molar-refractivity contribution in [2.24, 2.45) is 0 Å². The van der Waals surface area contributed by atoms with E-state index in [4.69, 9.17) is 11.6 Å². The highest BCUT2D eigenvalue weighted by Gasteiger charge is 2.25. The van der Waals surface area contributed by atoms with Gasteiger partial charge in [-0.2, -0.15) is 0 Å². The van der Waals surface area contributed by atoms with Crippen LogP contribution < -0.4 is 10.2 Å². The normalized spacial score (nSPS) is 23.8. The van der Waals surface area contributed by atoms with Gasteiger partial charge < -0.3 is 10.2 Å². The standard InChI is InChI=1S/C14H17ClN4/c1-9-8-19(10(2)7-16-9)14-12-6-4-3-5-11(12)13(15)17-18-14/h3-6,9-10,16H,7-8H2,1-2H3/t9-,10?/m0/s1. The molecule has 2 aromatic rings. The molecule has 100 valence electrons. The lowest BCUT2D eigenvalue weighted by molar-refractivity contribution is 0.422. The molecule has 1 aromatic heterocycles. The second-order valence-corrected chi connectivity index (χ2v) is 5.53. The summed E-state index contributed by atoms with van der Waals surface area (Å²) in [4.78, 5) is 2.31. The third-order valence-corrected chi connectivity index (χ3v) is 3.94. The molecule has 5 heteroatoms. The van der Waals surface area contributed by atoms with E-state index in [9.17, 15) is 0 Å². The second kappa shape index (κ2) is 4.94. The Morgan fingerprint density at radius 3 is 2.74 bits per heavy atom. The van der Waals surface area contributed by atoms with Gasteiger partial charge in [0.05, 0.1) is 0 Å². The van der Waals surface area contributed by atoms with Crippen LogP contribution in [0.25, 0.3) is 10.8 Å².